The van der Waals surface area contributed by atoms with E-state index in [0.29, 0.717) is 0 Å². The Morgan fingerprint density at radius 3 is 2.79 bits per heavy atom. The summed E-state index contributed by atoms with van der Waals surface area (Å²) in [6.45, 7) is 2.01. The highest BCUT2D eigenvalue weighted by Gasteiger charge is 2.02. The lowest BCUT2D eigenvalue weighted by Crippen LogP contribution is -1.96. The fourth-order valence-electron chi connectivity index (χ4n) is 1.26. The van der Waals surface area contributed by atoms with Crippen LogP contribution in [-0.4, -0.2) is 15.0 Å². The van der Waals surface area contributed by atoms with Crippen molar-refractivity contribution in [1.82, 2.24) is 15.0 Å². The average Bonchev–Trinajstić information content (AvgIpc) is 2.18. The Bertz CT molecular complexity index is 453. The molecule has 0 saturated carbocycles. The molecular formula is C10H10N4. The lowest BCUT2D eigenvalue weighted by atomic mass is 10.1. The predicted molar refractivity (Wildman–Crippen MR) is 54.4 cm³/mol. The van der Waals surface area contributed by atoms with Crippen LogP contribution in [0.15, 0.2) is 30.7 Å². The number of nitrogens with zero attached hydrogens (tertiary/aromatic N) is 3. The molecule has 4 heteroatoms. The van der Waals surface area contributed by atoms with Crippen LogP contribution in [0.3, 0.4) is 0 Å². The molecule has 4 nitrogen and oxygen atoms in total. The number of nitrogen functional groups attached to an aromatic ring is 1. The van der Waals surface area contributed by atoms with E-state index >= 15 is 0 Å². The van der Waals surface area contributed by atoms with Crippen LogP contribution in [0, 0.1) is 6.92 Å². The number of anilines is 1. The second-order valence-electron chi connectivity index (χ2n) is 2.99. The van der Waals surface area contributed by atoms with Crippen LogP contribution in [0.2, 0.25) is 0 Å². The zero-order chi connectivity index (χ0) is 9.97. The molecule has 70 valence electrons. The van der Waals surface area contributed by atoms with Gasteiger partial charge >= 0.3 is 0 Å². The van der Waals surface area contributed by atoms with Crippen molar-refractivity contribution in [1.29, 1.82) is 0 Å². The van der Waals surface area contributed by atoms with Crippen molar-refractivity contribution >= 4 is 5.95 Å². The number of hydrogen-bond acceptors (Lipinski definition) is 4. The fraction of sp³-hybridized carbons (Fsp3) is 0.100. The molecule has 0 spiro atoms. The van der Waals surface area contributed by atoms with Crippen LogP contribution < -0.4 is 5.73 Å². The molecule has 0 fully saturated rings. The number of nitrogens with two attached hydrogens (primary N) is 1. The predicted octanol–water partition coefficient (Wildman–Crippen LogP) is 1.43. The molecule has 0 bridgehead atoms. The first-order chi connectivity index (χ1) is 6.77. The maximum atomic E-state index is 5.50. The third kappa shape index (κ3) is 1.54. The van der Waals surface area contributed by atoms with Gasteiger partial charge in [0.2, 0.25) is 5.95 Å². The highest BCUT2D eigenvalue weighted by molar-refractivity contribution is 5.62. The lowest BCUT2D eigenvalue weighted by molar-refractivity contribution is 1.17. The SMILES string of the molecule is Cc1ccncc1-c1ccnc(N)n1. The third-order valence-electron chi connectivity index (χ3n) is 1.99. The first-order valence-electron chi connectivity index (χ1n) is 4.27. The second-order valence-corrected chi connectivity index (χ2v) is 2.99. The van der Waals surface area contributed by atoms with Gasteiger partial charge in [-0.1, -0.05) is 0 Å². The molecule has 2 aromatic heterocycles. The van der Waals surface area contributed by atoms with Crippen molar-refractivity contribution in [3.8, 4) is 11.3 Å². The van der Waals surface area contributed by atoms with Crippen LogP contribution in [0.4, 0.5) is 5.95 Å². The van der Waals surface area contributed by atoms with E-state index in [1.807, 2.05) is 19.1 Å². The Morgan fingerprint density at radius 2 is 2.07 bits per heavy atom. The van der Waals surface area contributed by atoms with E-state index in [2.05, 4.69) is 15.0 Å². The quantitative estimate of drug-likeness (QED) is 0.731. The number of hydrogen-bond donors (Lipinski definition) is 1. The minimum atomic E-state index is 0.283. The molecule has 0 unspecified atom stereocenters. The molecule has 2 aromatic rings. The van der Waals surface area contributed by atoms with Crippen LogP contribution >= 0.6 is 0 Å². The van der Waals surface area contributed by atoms with Gasteiger partial charge in [0.25, 0.3) is 0 Å². The summed E-state index contributed by atoms with van der Waals surface area (Å²) >= 11 is 0. The zero-order valence-electron chi connectivity index (χ0n) is 7.81. The number of pyridine rings is 1. The van der Waals surface area contributed by atoms with Crippen molar-refractivity contribution in [3.05, 3.63) is 36.3 Å². The van der Waals surface area contributed by atoms with Gasteiger partial charge < -0.3 is 5.73 Å². The Morgan fingerprint density at radius 1 is 1.21 bits per heavy atom. The van der Waals surface area contributed by atoms with Crippen molar-refractivity contribution < 1.29 is 0 Å². The molecule has 2 N–H and O–H groups in total. The summed E-state index contributed by atoms with van der Waals surface area (Å²) in [7, 11) is 0. The molecule has 0 aromatic carbocycles. The normalized spacial score (nSPS) is 10.1. The monoisotopic (exact) mass is 186 g/mol. The molecule has 2 rings (SSSR count). The van der Waals surface area contributed by atoms with E-state index in [1.165, 1.54) is 0 Å². The molecule has 0 amide bonds. The summed E-state index contributed by atoms with van der Waals surface area (Å²) in [6, 6.07) is 3.76. The molecule has 0 aliphatic carbocycles. The van der Waals surface area contributed by atoms with Gasteiger partial charge in [0, 0.05) is 24.2 Å². The van der Waals surface area contributed by atoms with Crippen LogP contribution in [0.1, 0.15) is 5.56 Å². The molecule has 14 heavy (non-hydrogen) atoms. The van der Waals surface area contributed by atoms with E-state index in [0.717, 1.165) is 16.8 Å². The second kappa shape index (κ2) is 3.41. The summed E-state index contributed by atoms with van der Waals surface area (Å²) < 4.78 is 0. The summed E-state index contributed by atoms with van der Waals surface area (Å²) in [6.07, 6.45) is 5.17. The Hall–Kier alpha value is -1.97. The first kappa shape index (κ1) is 8.62. The third-order valence-corrected chi connectivity index (χ3v) is 1.99. The van der Waals surface area contributed by atoms with E-state index < -0.39 is 0 Å². The number of aromatic nitrogens is 3. The molecular weight excluding hydrogens is 176 g/mol. The molecule has 0 radical (unpaired) electrons. The zero-order valence-corrected chi connectivity index (χ0v) is 7.81. The van der Waals surface area contributed by atoms with E-state index in [9.17, 15) is 0 Å². The van der Waals surface area contributed by atoms with Crippen LogP contribution in [0.5, 0.6) is 0 Å². The topological polar surface area (TPSA) is 64.7 Å². The minimum absolute atomic E-state index is 0.283. The largest absolute Gasteiger partial charge is 0.368 e. The maximum Gasteiger partial charge on any atom is 0.220 e. The lowest BCUT2D eigenvalue weighted by Gasteiger charge is -2.03. The van der Waals surface area contributed by atoms with Crippen molar-refractivity contribution in [3.63, 3.8) is 0 Å². The molecule has 0 aliphatic heterocycles. The average molecular weight is 186 g/mol. The van der Waals surface area contributed by atoms with Gasteiger partial charge in [-0.2, -0.15) is 0 Å². The molecule has 2 heterocycles. The number of aryl methyl sites for hydroxylation is 1. The van der Waals surface area contributed by atoms with E-state index in [1.54, 1.807) is 18.6 Å². The highest BCUT2D eigenvalue weighted by atomic mass is 15.0. The van der Waals surface area contributed by atoms with Gasteiger partial charge in [-0.3, -0.25) is 4.98 Å². The van der Waals surface area contributed by atoms with E-state index in [-0.39, 0.29) is 5.95 Å². The summed E-state index contributed by atoms with van der Waals surface area (Å²) in [5.74, 6) is 0.283. The molecule has 0 aliphatic rings. The van der Waals surface area contributed by atoms with Gasteiger partial charge in [0.1, 0.15) is 0 Å². The van der Waals surface area contributed by atoms with Crippen LogP contribution in [-0.2, 0) is 0 Å². The standard InChI is InChI=1S/C10H10N4/c1-7-2-4-12-6-8(7)9-3-5-13-10(11)14-9/h2-6H,1H3,(H2,11,13,14). The molecule has 0 saturated heterocycles. The Balaban J connectivity index is 2.55. The summed E-state index contributed by atoms with van der Waals surface area (Å²) in [4.78, 5) is 12.0. The smallest absolute Gasteiger partial charge is 0.220 e. The van der Waals surface area contributed by atoms with Crippen molar-refractivity contribution in [2.24, 2.45) is 0 Å². The highest BCUT2D eigenvalue weighted by Crippen LogP contribution is 2.19. The fourth-order valence-corrected chi connectivity index (χ4v) is 1.26. The number of rotatable bonds is 1. The Kier molecular flexibility index (Phi) is 2.10. The van der Waals surface area contributed by atoms with Gasteiger partial charge in [-0.15, -0.1) is 0 Å². The van der Waals surface area contributed by atoms with Crippen molar-refractivity contribution in [2.75, 3.05) is 5.73 Å². The van der Waals surface area contributed by atoms with Gasteiger partial charge in [0.05, 0.1) is 5.69 Å². The van der Waals surface area contributed by atoms with Crippen LogP contribution in [0.25, 0.3) is 11.3 Å². The van der Waals surface area contributed by atoms with E-state index in [4.69, 9.17) is 5.73 Å². The summed E-state index contributed by atoms with van der Waals surface area (Å²) in [5, 5.41) is 0. The van der Waals surface area contributed by atoms with Gasteiger partial charge in [-0.25, -0.2) is 9.97 Å². The molecule has 0 atom stereocenters. The first-order valence-corrected chi connectivity index (χ1v) is 4.27. The maximum absolute atomic E-state index is 5.50. The van der Waals surface area contributed by atoms with Gasteiger partial charge in [0.15, 0.2) is 0 Å². The Labute approximate surface area is 81.9 Å². The van der Waals surface area contributed by atoms with Crippen molar-refractivity contribution in [2.45, 2.75) is 6.92 Å². The summed E-state index contributed by atoms with van der Waals surface area (Å²) in [5.41, 5.74) is 8.42. The van der Waals surface area contributed by atoms with Gasteiger partial charge in [-0.05, 0) is 24.6 Å². The minimum Gasteiger partial charge on any atom is -0.368 e.